The maximum atomic E-state index is 12.6. The minimum Gasteiger partial charge on any atom is -0.378 e. The predicted molar refractivity (Wildman–Crippen MR) is 90.4 cm³/mol. The summed E-state index contributed by atoms with van der Waals surface area (Å²) in [6, 6.07) is 6.89. The smallest absolute Gasteiger partial charge is 0.378 e. The number of aromatic nitrogens is 1. The van der Waals surface area contributed by atoms with Gasteiger partial charge in [0.1, 0.15) is 5.69 Å². The molecule has 1 aliphatic heterocycles. The molecule has 27 heavy (non-hydrogen) atoms. The number of hydrogen-bond acceptors (Lipinski definition) is 4. The highest BCUT2D eigenvalue weighted by molar-refractivity contribution is 6.05. The molecule has 0 radical (unpaired) electrons. The van der Waals surface area contributed by atoms with Gasteiger partial charge >= 0.3 is 6.18 Å². The van der Waals surface area contributed by atoms with E-state index in [4.69, 9.17) is 4.74 Å². The Morgan fingerprint density at radius 2 is 1.74 bits per heavy atom. The number of morpholine rings is 1. The third kappa shape index (κ3) is 4.62. The van der Waals surface area contributed by atoms with Crippen LogP contribution in [0.15, 0.2) is 42.6 Å². The molecule has 1 aliphatic rings. The van der Waals surface area contributed by atoms with Crippen molar-refractivity contribution in [3.8, 4) is 0 Å². The van der Waals surface area contributed by atoms with Crippen LogP contribution in [0.5, 0.6) is 0 Å². The van der Waals surface area contributed by atoms with Gasteiger partial charge in [-0.1, -0.05) is 0 Å². The fraction of sp³-hybridized carbons (Fsp3) is 0.278. The van der Waals surface area contributed by atoms with Gasteiger partial charge in [-0.25, -0.2) is 0 Å². The molecule has 142 valence electrons. The van der Waals surface area contributed by atoms with Gasteiger partial charge < -0.3 is 15.0 Å². The van der Waals surface area contributed by atoms with Crippen molar-refractivity contribution in [1.82, 2.24) is 9.88 Å². The molecule has 0 saturated carbocycles. The zero-order valence-electron chi connectivity index (χ0n) is 14.1. The maximum absolute atomic E-state index is 12.6. The lowest BCUT2D eigenvalue weighted by Crippen LogP contribution is -2.41. The second-order valence-corrected chi connectivity index (χ2v) is 5.86. The normalized spacial score (nSPS) is 14.7. The van der Waals surface area contributed by atoms with E-state index < -0.39 is 17.6 Å². The van der Waals surface area contributed by atoms with Crippen LogP contribution in [0.3, 0.4) is 0 Å². The summed E-state index contributed by atoms with van der Waals surface area (Å²) in [6.45, 7) is 1.78. The highest BCUT2D eigenvalue weighted by atomic mass is 19.4. The van der Waals surface area contributed by atoms with E-state index >= 15 is 0 Å². The largest absolute Gasteiger partial charge is 0.416 e. The van der Waals surface area contributed by atoms with Crippen LogP contribution in [0.4, 0.5) is 18.9 Å². The Kier molecular flexibility index (Phi) is 5.41. The van der Waals surface area contributed by atoms with E-state index in [-0.39, 0.29) is 22.9 Å². The summed E-state index contributed by atoms with van der Waals surface area (Å²) in [4.78, 5) is 30.4. The van der Waals surface area contributed by atoms with Gasteiger partial charge in [-0.05, 0) is 36.4 Å². The molecule has 0 unspecified atom stereocenters. The molecular weight excluding hydrogens is 363 g/mol. The van der Waals surface area contributed by atoms with Gasteiger partial charge in [-0.3, -0.25) is 14.6 Å². The Morgan fingerprint density at radius 1 is 1.07 bits per heavy atom. The number of anilines is 1. The van der Waals surface area contributed by atoms with Crippen LogP contribution in [0, 0.1) is 0 Å². The second-order valence-electron chi connectivity index (χ2n) is 5.86. The van der Waals surface area contributed by atoms with E-state index in [1.165, 1.54) is 30.5 Å². The van der Waals surface area contributed by atoms with Crippen molar-refractivity contribution in [2.24, 2.45) is 0 Å². The van der Waals surface area contributed by atoms with Crippen LogP contribution in [0.25, 0.3) is 0 Å². The number of carbonyl (C=O) groups excluding carboxylic acids is 2. The number of nitrogens with zero attached hydrogens (tertiary/aromatic N) is 2. The molecule has 1 N–H and O–H groups in total. The minimum atomic E-state index is -4.44. The molecule has 0 spiro atoms. The van der Waals surface area contributed by atoms with E-state index in [0.29, 0.717) is 26.3 Å². The van der Waals surface area contributed by atoms with Crippen LogP contribution in [0.2, 0.25) is 0 Å². The number of halogens is 3. The van der Waals surface area contributed by atoms with Crippen molar-refractivity contribution in [3.63, 3.8) is 0 Å². The highest BCUT2D eigenvalue weighted by Gasteiger charge is 2.30. The molecule has 2 heterocycles. The van der Waals surface area contributed by atoms with Crippen molar-refractivity contribution in [1.29, 1.82) is 0 Å². The molecule has 0 atom stereocenters. The summed E-state index contributed by atoms with van der Waals surface area (Å²) >= 11 is 0. The van der Waals surface area contributed by atoms with Crippen LogP contribution in [-0.2, 0) is 10.9 Å². The molecule has 1 saturated heterocycles. The van der Waals surface area contributed by atoms with E-state index in [2.05, 4.69) is 10.3 Å². The molecule has 0 bridgehead atoms. The lowest BCUT2D eigenvalue weighted by atomic mass is 10.1. The third-order valence-corrected chi connectivity index (χ3v) is 4.01. The molecule has 9 heteroatoms. The second kappa shape index (κ2) is 7.75. The third-order valence-electron chi connectivity index (χ3n) is 4.01. The van der Waals surface area contributed by atoms with Gasteiger partial charge in [0.05, 0.1) is 18.8 Å². The van der Waals surface area contributed by atoms with Gasteiger partial charge in [0.25, 0.3) is 11.8 Å². The average molecular weight is 379 g/mol. The zero-order chi connectivity index (χ0) is 19.4. The molecule has 2 amide bonds. The van der Waals surface area contributed by atoms with Crippen LogP contribution in [-0.4, -0.2) is 48.0 Å². The Bertz CT molecular complexity index is 832. The number of rotatable bonds is 3. The number of pyridine rings is 1. The molecule has 0 aliphatic carbocycles. The van der Waals surface area contributed by atoms with Crippen molar-refractivity contribution in [2.75, 3.05) is 31.6 Å². The van der Waals surface area contributed by atoms with Gasteiger partial charge in [0.2, 0.25) is 0 Å². The first kappa shape index (κ1) is 18.8. The highest BCUT2D eigenvalue weighted by Crippen LogP contribution is 2.29. The quantitative estimate of drug-likeness (QED) is 0.890. The molecule has 1 aromatic heterocycles. The van der Waals surface area contributed by atoms with Gasteiger partial charge in [-0.15, -0.1) is 0 Å². The molecule has 6 nitrogen and oxygen atoms in total. The number of ether oxygens (including phenoxy) is 1. The fourth-order valence-electron chi connectivity index (χ4n) is 2.56. The Hall–Kier alpha value is -2.94. The van der Waals surface area contributed by atoms with Crippen LogP contribution in [0.1, 0.15) is 26.4 Å². The standard InChI is InChI=1S/C18H16F3N3O3/c19-18(20,21)13-1-3-14(4-2-13)23-16(25)12-5-6-22-15(11-12)17(26)24-7-9-27-10-8-24/h1-6,11H,7-10H2,(H,23,25). The summed E-state index contributed by atoms with van der Waals surface area (Å²) < 4.78 is 42.9. The predicted octanol–water partition coefficient (Wildman–Crippen LogP) is 2.83. The molecule has 1 aromatic carbocycles. The van der Waals surface area contributed by atoms with E-state index in [1.54, 1.807) is 4.90 Å². The number of alkyl halides is 3. The topological polar surface area (TPSA) is 71.5 Å². The fourth-order valence-corrected chi connectivity index (χ4v) is 2.56. The Balaban J connectivity index is 1.70. The molecule has 3 rings (SSSR count). The summed E-state index contributed by atoms with van der Waals surface area (Å²) in [5, 5.41) is 2.50. The monoisotopic (exact) mass is 379 g/mol. The average Bonchev–Trinajstić information content (AvgIpc) is 2.68. The number of amides is 2. The van der Waals surface area contributed by atoms with Crippen molar-refractivity contribution in [3.05, 3.63) is 59.4 Å². The molecular formula is C18H16F3N3O3. The lowest BCUT2D eigenvalue weighted by molar-refractivity contribution is -0.137. The summed E-state index contributed by atoms with van der Waals surface area (Å²) in [6.07, 6.45) is -3.10. The van der Waals surface area contributed by atoms with Crippen molar-refractivity contribution >= 4 is 17.5 Å². The molecule has 1 fully saturated rings. The van der Waals surface area contributed by atoms with Gasteiger partial charge in [0, 0.05) is 30.5 Å². The summed E-state index contributed by atoms with van der Waals surface area (Å²) in [5.74, 6) is -0.851. The van der Waals surface area contributed by atoms with E-state index in [0.717, 1.165) is 12.1 Å². The van der Waals surface area contributed by atoms with Crippen molar-refractivity contribution in [2.45, 2.75) is 6.18 Å². The Morgan fingerprint density at radius 3 is 2.37 bits per heavy atom. The zero-order valence-corrected chi connectivity index (χ0v) is 14.1. The Labute approximate surface area is 152 Å². The van der Waals surface area contributed by atoms with E-state index in [9.17, 15) is 22.8 Å². The number of hydrogen-bond donors (Lipinski definition) is 1. The lowest BCUT2D eigenvalue weighted by Gasteiger charge is -2.26. The number of benzene rings is 1. The van der Waals surface area contributed by atoms with Gasteiger partial charge in [-0.2, -0.15) is 13.2 Å². The minimum absolute atomic E-state index is 0.122. The SMILES string of the molecule is O=C(Nc1ccc(C(F)(F)F)cc1)c1ccnc(C(=O)N2CCOCC2)c1. The first-order chi connectivity index (χ1) is 12.8. The van der Waals surface area contributed by atoms with Crippen LogP contribution >= 0.6 is 0 Å². The van der Waals surface area contributed by atoms with Crippen LogP contribution < -0.4 is 5.32 Å². The number of carbonyl (C=O) groups is 2. The van der Waals surface area contributed by atoms with Crippen molar-refractivity contribution < 1.29 is 27.5 Å². The molecule has 2 aromatic rings. The maximum Gasteiger partial charge on any atom is 0.416 e. The number of nitrogens with one attached hydrogen (secondary N) is 1. The summed E-state index contributed by atoms with van der Waals surface area (Å²) in [7, 11) is 0. The first-order valence-corrected chi connectivity index (χ1v) is 8.16. The summed E-state index contributed by atoms with van der Waals surface area (Å²) in [5.41, 5.74) is -0.285. The van der Waals surface area contributed by atoms with E-state index in [1.807, 2.05) is 0 Å². The van der Waals surface area contributed by atoms with Gasteiger partial charge in [0.15, 0.2) is 0 Å². The first-order valence-electron chi connectivity index (χ1n) is 8.16.